The number of hydrazine groups is 1. The fourth-order valence-electron chi connectivity index (χ4n) is 3.55. The van der Waals surface area contributed by atoms with E-state index in [2.05, 4.69) is 5.32 Å². The highest BCUT2D eigenvalue weighted by atomic mass is 16.8. The average molecular weight is 608 g/mol. The van der Waals surface area contributed by atoms with E-state index in [1.165, 1.54) is 6.92 Å². The fraction of sp³-hybridized carbons (Fsp3) is 1.00. The lowest BCUT2D eigenvalue weighted by Gasteiger charge is -2.27. The van der Waals surface area contributed by atoms with Gasteiger partial charge in [0.1, 0.15) is 36.0 Å². The largest absolute Gasteiger partial charge is 0.861 e. The molecule has 0 aromatic carbocycles. The van der Waals surface area contributed by atoms with Gasteiger partial charge in [0.25, 0.3) is 0 Å². The van der Waals surface area contributed by atoms with Gasteiger partial charge in [0.05, 0.1) is 0 Å². The maximum atomic E-state index is 12.1. The molecule has 0 saturated carbocycles. The minimum atomic E-state index is -7.04. The van der Waals surface area contributed by atoms with Crippen LogP contribution in [-0.2, 0) is 0 Å². The molecule has 0 bridgehead atoms. The number of nitro groups is 10. The van der Waals surface area contributed by atoms with Gasteiger partial charge in [0.15, 0.2) is 24.8 Å². The zero-order chi connectivity index (χ0) is 32.9. The number of nitrogens with zero attached hydrogens (tertiary/aromatic N) is 11. The minimum absolute atomic E-state index is 0.0966. The average Bonchev–Trinajstić information content (AvgIpc) is 2.79. The predicted molar refractivity (Wildman–Crippen MR) is 110 cm³/mol. The predicted octanol–water partition coefficient (Wildman–Crippen LogP) is -2.98. The molecule has 228 valence electrons. The van der Waals surface area contributed by atoms with E-state index in [9.17, 15) is 101 Å². The SMILES string of the molecule is CCCNCCC(N([N+](=O)[O-])C([N+](=O)[O-])([N+](=O)[O-])C([N+](=O)[O-])([N+](=O)[O-])C([N+](=O)[O-])([N+](=O)[O-])[N+](=O)[O-])([N+](=O)[O-])[N+](=O)[O-]. The van der Waals surface area contributed by atoms with Gasteiger partial charge in [-0.25, -0.2) is 10.1 Å². The summed E-state index contributed by atoms with van der Waals surface area (Å²) in [5.74, 6) is -19.0. The summed E-state index contributed by atoms with van der Waals surface area (Å²) < 4.78 is 0. The molecule has 0 aliphatic heterocycles. The first-order valence-corrected chi connectivity index (χ1v) is 9.58. The number of hydrogen-bond donors (Lipinski definition) is 1. The van der Waals surface area contributed by atoms with Crippen LogP contribution in [0.4, 0.5) is 0 Å². The van der Waals surface area contributed by atoms with Gasteiger partial charge < -0.3 is 5.32 Å². The third-order valence-electron chi connectivity index (χ3n) is 5.18. The van der Waals surface area contributed by atoms with E-state index in [1.54, 1.807) is 0 Å². The summed E-state index contributed by atoms with van der Waals surface area (Å²) in [6.45, 7) is -0.162. The normalized spacial score (nSPS) is 12.0. The van der Waals surface area contributed by atoms with E-state index in [1.807, 2.05) is 0 Å². The number of rotatable bonds is 19. The molecule has 0 aliphatic rings. The zero-order valence-electron chi connectivity index (χ0n) is 19.4. The van der Waals surface area contributed by atoms with Crippen molar-refractivity contribution in [1.82, 2.24) is 10.3 Å². The van der Waals surface area contributed by atoms with Crippen LogP contribution in [0.5, 0.6) is 0 Å². The van der Waals surface area contributed by atoms with E-state index in [0.717, 1.165) is 0 Å². The Morgan fingerprint density at radius 2 is 0.902 bits per heavy atom. The Morgan fingerprint density at radius 1 is 0.537 bits per heavy atom. The lowest BCUT2D eigenvalue weighted by molar-refractivity contribution is -1.11. The molecule has 1 N–H and O–H groups in total. The van der Waals surface area contributed by atoms with E-state index >= 15 is 0 Å². The first-order chi connectivity index (χ1) is 18.6. The topological polar surface area (TPSA) is 447 Å². The second-order valence-electron chi connectivity index (χ2n) is 7.08. The molecule has 0 atom stereocenters. The monoisotopic (exact) mass is 608 g/mol. The molecule has 41 heavy (non-hydrogen) atoms. The van der Waals surface area contributed by atoms with E-state index in [4.69, 9.17) is 0 Å². The number of nitrogens with one attached hydrogen (secondary N) is 1. The highest BCUT2D eigenvalue weighted by Crippen LogP contribution is 2.47. The summed E-state index contributed by atoms with van der Waals surface area (Å²) in [6.07, 6.45) is -2.12. The van der Waals surface area contributed by atoms with Crippen LogP contribution in [0.2, 0.25) is 0 Å². The van der Waals surface area contributed by atoms with Crippen molar-refractivity contribution >= 4 is 0 Å². The van der Waals surface area contributed by atoms with Crippen molar-refractivity contribution in [1.29, 1.82) is 0 Å². The van der Waals surface area contributed by atoms with E-state index in [-0.39, 0.29) is 13.0 Å². The van der Waals surface area contributed by atoms with Crippen LogP contribution in [0, 0.1) is 101 Å². The molecule has 0 heterocycles. The van der Waals surface area contributed by atoms with Crippen molar-refractivity contribution in [2.45, 2.75) is 42.8 Å². The molecule has 0 spiro atoms. The van der Waals surface area contributed by atoms with E-state index < -0.39 is 90.3 Å². The Kier molecular flexibility index (Phi) is 9.88. The highest BCUT2D eigenvalue weighted by molar-refractivity contribution is 4.93. The van der Waals surface area contributed by atoms with Gasteiger partial charge in [-0.15, -0.1) is 0 Å². The van der Waals surface area contributed by atoms with Gasteiger partial charge in [0.2, 0.25) is 0 Å². The summed E-state index contributed by atoms with van der Waals surface area (Å²) in [6, 6.07) is 0. The molecule has 0 rings (SSSR count). The molecule has 0 unspecified atom stereocenters. The summed E-state index contributed by atoms with van der Waals surface area (Å²) >= 11 is 0. The van der Waals surface area contributed by atoms with Crippen molar-refractivity contribution in [3.63, 3.8) is 0 Å². The molecule has 0 amide bonds. The molecule has 0 aromatic heterocycles. The summed E-state index contributed by atoms with van der Waals surface area (Å²) in [4.78, 5) is 90.5. The molecule has 0 radical (unpaired) electrons. The van der Waals surface area contributed by atoms with Crippen LogP contribution in [0.25, 0.3) is 0 Å². The zero-order valence-corrected chi connectivity index (χ0v) is 19.4. The highest BCUT2D eigenvalue weighted by Gasteiger charge is 3.25. The molecule has 32 heteroatoms. The Hall–Kier alpha value is -6.24. The van der Waals surface area contributed by atoms with Crippen molar-refractivity contribution in [3.05, 3.63) is 101 Å². The Morgan fingerprint density at radius 3 is 1.12 bits per heavy atom. The standard InChI is InChI=1S/C9H12N12O20/c1-2-4-10-5-3-6(12(22)23,13(24)25)11(21(40)41)8(16(30)31,17(32)33)7(14(26)27,15(28)29)9(18(34)35,19(36)37)20(38)39/h10H,2-5H2,1H3. The van der Waals surface area contributed by atoms with Gasteiger partial charge >= 0.3 is 23.0 Å². The van der Waals surface area contributed by atoms with Crippen LogP contribution < -0.4 is 5.32 Å². The quantitative estimate of drug-likeness (QED) is 0.0661. The Labute approximate surface area is 217 Å². The van der Waals surface area contributed by atoms with Gasteiger partial charge in [-0.05, 0) is 13.0 Å². The summed E-state index contributed by atoms with van der Waals surface area (Å²) in [5, 5.41) is 115. The Bertz CT molecular complexity index is 1140. The summed E-state index contributed by atoms with van der Waals surface area (Å²) in [5.41, 5.74) is -7.04. The van der Waals surface area contributed by atoms with Crippen molar-refractivity contribution in [2.24, 2.45) is 0 Å². The fourth-order valence-corrected chi connectivity index (χ4v) is 3.55. The lowest BCUT2D eigenvalue weighted by Crippen LogP contribution is -2.92. The molecular weight excluding hydrogens is 596 g/mol. The summed E-state index contributed by atoms with van der Waals surface area (Å²) in [7, 11) is 0. The van der Waals surface area contributed by atoms with Crippen molar-refractivity contribution in [3.8, 4) is 0 Å². The number of hydrogen-bond acceptors (Lipinski definition) is 21. The molecule has 32 nitrogen and oxygen atoms in total. The third-order valence-corrected chi connectivity index (χ3v) is 5.18. The van der Waals surface area contributed by atoms with Crippen LogP contribution in [0.3, 0.4) is 0 Å². The van der Waals surface area contributed by atoms with Crippen LogP contribution in [0.1, 0.15) is 19.8 Å². The Balaban J connectivity index is 9.17. The van der Waals surface area contributed by atoms with Crippen molar-refractivity contribution in [2.75, 3.05) is 13.1 Å². The first-order valence-electron chi connectivity index (χ1n) is 9.58. The molecular formula is C9H12N12O20. The van der Waals surface area contributed by atoms with Gasteiger partial charge in [-0.1, -0.05) is 6.92 Å². The van der Waals surface area contributed by atoms with Crippen LogP contribution >= 0.6 is 0 Å². The van der Waals surface area contributed by atoms with Crippen molar-refractivity contribution < 1.29 is 49.3 Å². The lowest BCUT2D eigenvalue weighted by atomic mass is 9.91. The molecule has 0 aliphatic carbocycles. The van der Waals surface area contributed by atoms with E-state index in [0.29, 0.717) is 0 Å². The maximum Gasteiger partial charge on any atom is 0.861 e. The second-order valence-corrected chi connectivity index (χ2v) is 7.08. The first kappa shape index (κ1) is 34.8. The molecule has 0 fully saturated rings. The van der Waals surface area contributed by atoms with Gasteiger partial charge in [-0.3, -0.25) is 91.0 Å². The van der Waals surface area contributed by atoms with Crippen LogP contribution in [0.15, 0.2) is 0 Å². The molecule has 0 saturated heterocycles. The van der Waals surface area contributed by atoms with Gasteiger partial charge in [0, 0.05) is 6.54 Å². The molecule has 0 aromatic rings. The third kappa shape index (κ3) is 4.32. The minimum Gasteiger partial charge on any atom is -0.316 e. The maximum absolute atomic E-state index is 12.1. The van der Waals surface area contributed by atoms with Crippen LogP contribution in [-0.4, -0.2) is 90.5 Å². The smallest absolute Gasteiger partial charge is 0.316 e. The van der Waals surface area contributed by atoms with Gasteiger partial charge in [-0.2, -0.15) is 0 Å². The second kappa shape index (κ2) is 11.7.